The van der Waals surface area contributed by atoms with Crippen LogP contribution >= 0.6 is 0 Å². The molecule has 0 saturated heterocycles. The molecule has 0 aliphatic carbocycles. The second-order valence-electron chi connectivity index (χ2n) is 12.3. The second-order valence-corrected chi connectivity index (χ2v) is 15.2. The minimum Gasteiger partial charge on any atom is -1.00 e. The molecule has 2 aromatic carbocycles. The van der Waals surface area contributed by atoms with Gasteiger partial charge in [-0.3, -0.25) is 13.9 Å². The Labute approximate surface area is 316 Å². The van der Waals surface area contributed by atoms with Gasteiger partial charge in [0.1, 0.15) is 6.54 Å². The number of fused-ring (bicyclic) bond motifs is 2. The van der Waals surface area contributed by atoms with Crippen molar-refractivity contribution >= 4 is 43.3 Å². The maximum atomic E-state index is 11.9. The smallest absolute Gasteiger partial charge is 1.00 e. The largest absolute Gasteiger partial charge is 1.00 e. The van der Waals surface area contributed by atoms with Crippen molar-refractivity contribution < 1.29 is 93.2 Å². The topological polar surface area (TPSA) is 152 Å². The number of hydrogen-bond acceptors (Lipinski definition) is 6. The van der Waals surface area contributed by atoms with E-state index in [1.807, 2.05) is 65.0 Å². The Morgan fingerprint density at radius 3 is 2.07 bits per heavy atom. The molecule has 13 heteroatoms. The number of carbonyl (C=O) groups is 1. The SMILES string of the molecule is CCN1C(=CC=CC=CC2=[N+](CCCCCC(=O)O)c3ccc(S(=O)(=O)O)cc3C2(C)C)C(C)(C)c2cc(S(=O)(=O)O)ccc21.[H-].[K+]. The average Bonchev–Trinajstić information content (AvgIpc) is 3.29. The van der Waals surface area contributed by atoms with Gasteiger partial charge in [0.25, 0.3) is 20.2 Å². The molecule has 10 nitrogen and oxygen atoms in total. The summed E-state index contributed by atoms with van der Waals surface area (Å²) < 4.78 is 68.7. The molecule has 0 fully saturated rings. The number of anilines is 1. The summed E-state index contributed by atoms with van der Waals surface area (Å²) in [5, 5.41) is 8.97. The van der Waals surface area contributed by atoms with Gasteiger partial charge >= 0.3 is 57.4 Å². The second kappa shape index (κ2) is 14.7. The van der Waals surface area contributed by atoms with Gasteiger partial charge in [-0.25, -0.2) is 0 Å². The van der Waals surface area contributed by atoms with Gasteiger partial charge in [0.2, 0.25) is 5.69 Å². The number of allylic oxidation sites excluding steroid dienone is 6. The zero-order valence-electron chi connectivity index (χ0n) is 28.2. The molecular formula is C33H42KN2O8S2+. The predicted octanol–water partition coefficient (Wildman–Crippen LogP) is 3.13. The van der Waals surface area contributed by atoms with Crippen LogP contribution in [-0.2, 0) is 35.9 Å². The fourth-order valence-electron chi connectivity index (χ4n) is 6.29. The zero-order valence-corrected chi connectivity index (χ0v) is 31.9. The molecule has 46 heavy (non-hydrogen) atoms. The fourth-order valence-corrected chi connectivity index (χ4v) is 7.31. The van der Waals surface area contributed by atoms with Crippen molar-refractivity contribution in [2.75, 3.05) is 18.0 Å². The molecule has 0 spiro atoms. The van der Waals surface area contributed by atoms with E-state index in [0.29, 0.717) is 19.5 Å². The molecule has 0 atom stereocenters. The molecule has 2 aromatic rings. The quantitative estimate of drug-likeness (QED) is 0.0999. The number of aliphatic carboxylic acids is 1. The molecule has 0 unspecified atom stereocenters. The molecule has 2 aliphatic rings. The normalized spacial score (nSPS) is 18.0. The Morgan fingerprint density at radius 1 is 0.870 bits per heavy atom. The predicted molar refractivity (Wildman–Crippen MR) is 175 cm³/mol. The fraction of sp³-hybridized carbons (Fsp3) is 0.394. The third-order valence-electron chi connectivity index (χ3n) is 8.64. The van der Waals surface area contributed by atoms with Crippen molar-refractivity contribution in [3.63, 3.8) is 0 Å². The van der Waals surface area contributed by atoms with Gasteiger partial charge in [-0.15, -0.1) is 0 Å². The summed E-state index contributed by atoms with van der Waals surface area (Å²) in [5.41, 5.74) is 4.09. The Balaban J connectivity index is 0.00000384. The Morgan fingerprint density at radius 2 is 1.48 bits per heavy atom. The number of carboxylic acid groups (broad SMARTS) is 1. The standard InChI is InChI=1S/C33H40N2O8S2.K.H/c1-6-34-27-18-16-23(44(38,39)40)21-25(27)32(2,3)29(34)13-9-7-10-14-30-33(4,5)26-22-24(45(41,42)43)17-19-28(26)35(30)20-12-8-11-15-31(36)37;;/h7,9-10,13-14,16-19,21-22H,6,8,11-12,15,20H2,1-5H3,(H2-,36,37,38,39,40,41,42,43);;/q;+1;-1/p+1. The number of carboxylic acids is 1. The van der Waals surface area contributed by atoms with Crippen molar-refractivity contribution in [1.82, 2.24) is 0 Å². The molecule has 0 radical (unpaired) electrons. The van der Waals surface area contributed by atoms with Crippen LogP contribution in [0.15, 0.2) is 82.3 Å². The Hall–Kier alpha value is -1.94. The summed E-state index contributed by atoms with van der Waals surface area (Å²) in [7, 11) is -8.72. The summed E-state index contributed by atoms with van der Waals surface area (Å²) in [6, 6.07) is 9.25. The number of likely N-dealkylation sites (N-methyl/N-ethyl adjacent to an activating group) is 1. The first-order valence-electron chi connectivity index (χ1n) is 14.8. The summed E-state index contributed by atoms with van der Waals surface area (Å²) in [5.74, 6) is -0.827. The third kappa shape index (κ3) is 8.01. The van der Waals surface area contributed by atoms with E-state index in [-0.39, 0.29) is 69.0 Å². The number of benzene rings is 2. The molecule has 0 aromatic heterocycles. The van der Waals surface area contributed by atoms with Crippen LogP contribution in [0, 0.1) is 0 Å². The maximum absolute atomic E-state index is 11.9. The van der Waals surface area contributed by atoms with Crippen LogP contribution in [0.2, 0.25) is 0 Å². The molecule has 4 rings (SSSR count). The minimum atomic E-state index is -4.39. The van der Waals surface area contributed by atoms with Crippen LogP contribution in [0.4, 0.5) is 11.4 Å². The molecule has 0 saturated carbocycles. The van der Waals surface area contributed by atoms with E-state index in [9.17, 15) is 30.7 Å². The molecule has 0 bridgehead atoms. The van der Waals surface area contributed by atoms with E-state index >= 15 is 0 Å². The number of hydrogen-bond donors (Lipinski definition) is 3. The summed E-state index contributed by atoms with van der Waals surface area (Å²) in [6.07, 6.45) is 11.8. The van der Waals surface area contributed by atoms with Crippen LogP contribution in [0.5, 0.6) is 0 Å². The van der Waals surface area contributed by atoms with E-state index in [2.05, 4.69) is 9.48 Å². The first-order chi connectivity index (χ1) is 20.9. The van der Waals surface area contributed by atoms with Crippen molar-refractivity contribution in [2.24, 2.45) is 0 Å². The van der Waals surface area contributed by atoms with Crippen molar-refractivity contribution in [1.29, 1.82) is 0 Å². The van der Waals surface area contributed by atoms with Gasteiger partial charge in [0.05, 0.1) is 15.2 Å². The Kier molecular flexibility index (Phi) is 12.3. The van der Waals surface area contributed by atoms with E-state index < -0.39 is 37.0 Å². The van der Waals surface area contributed by atoms with E-state index in [4.69, 9.17) is 5.11 Å². The van der Waals surface area contributed by atoms with E-state index in [0.717, 1.165) is 46.8 Å². The molecule has 0 amide bonds. The van der Waals surface area contributed by atoms with Gasteiger partial charge in [0, 0.05) is 53.9 Å². The zero-order chi connectivity index (χ0) is 33.4. The first kappa shape index (κ1) is 38.5. The molecule has 3 N–H and O–H groups in total. The van der Waals surface area contributed by atoms with Crippen LogP contribution in [0.3, 0.4) is 0 Å². The monoisotopic (exact) mass is 697 g/mol. The molecular weight excluding hydrogens is 656 g/mol. The molecule has 244 valence electrons. The molecule has 2 heterocycles. The third-order valence-corrected chi connectivity index (χ3v) is 10.3. The Bertz CT molecular complexity index is 1860. The molecule has 2 aliphatic heterocycles. The number of nitrogens with zero attached hydrogens (tertiary/aromatic N) is 2. The van der Waals surface area contributed by atoms with Gasteiger partial charge < -0.3 is 11.4 Å². The average molecular weight is 698 g/mol. The van der Waals surface area contributed by atoms with E-state index in [1.54, 1.807) is 12.1 Å². The number of unbranched alkanes of at least 4 members (excludes halogenated alkanes) is 2. The number of rotatable bonds is 12. The minimum absolute atomic E-state index is 0. The van der Waals surface area contributed by atoms with Gasteiger partial charge in [-0.1, -0.05) is 32.1 Å². The van der Waals surface area contributed by atoms with Crippen LogP contribution in [0.1, 0.15) is 72.9 Å². The van der Waals surface area contributed by atoms with Gasteiger partial charge in [-0.05, 0) is 75.6 Å². The van der Waals surface area contributed by atoms with Crippen LogP contribution < -0.4 is 56.3 Å². The van der Waals surface area contributed by atoms with Crippen LogP contribution in [0.25, 0.3) is 0 Å². The summed E-state index contributed by atoms with van der Waals surface area (Å²) >= 11 is 0. The van der Waals surface area contributed by atoms with E-state index in [1.165, 1.54) is 24.3 Å². The van der Waals surface area contributed by atoms with Gasteiger partial charge in [0.15, 0.2) is 5.71 Å². The maximum Gasteiger partial charge on any atom is 1.00 e. The first-order valence-corrected chi connectivity index (χ1v) is 17.7. The summed E-state index contributed by atoms with van der Waals surface area (Å²) in [4.78, 5) is 12.7. The van der Waals surface area contributed by atoms with Crippen molar-refractivity contribution in [3.8, 4) is 0 Å². The summed E-state index contributed by atoms with van der Waals surface area (Å²) in [6.45, 7) is 11.3. The van der Waals surface area contributed by atoms with Crippen LogP contribution in [-0.4, -0.2) is 60.4 Å². The van der Waals surface area contributed by atoms with Crippen molar-refractivity contribution in [2.45, 2.75) is 80.9 Å². The van der Waals surface area contributed by atoms with Gasteiger partial charge in [-0.2, -0.15) is 21.4 Å². The van der Waals surface area contributed by atoms with Crippen molar-refractivity contribution in [3.05, 3.63) is 83.6 Å².